The van der Waals surface area contributed by atoms with Crippen LogP contribution in [0.15, 0.2) is 78.9 Å². The summed E-state index contributed by atoms with van der Waals surface area (Å²) in [6.07, 6.45) is 1.67. The minimum atomic E-state index is -0.498. The zero-order chi connectivity index (χ0) is 24.4. The third kappa shape index (κ3) is 4.70. The Balaban J connectivity index is 1.63. The largest absolute Gasteiger partial charge is 0.423 e. The quantitative estimate of drug-likeness (QED) is 0.299. The maximum atomic E-state index is 11.8. The molecule has 0 fully saturated rings. The van der Waals surface area contributed by atoms with Gasteiger partial charge in [0.15, 0.2) is 0 Å². The lowest BCUT2D eigenvalue weighted by Crippen LogP contribution is -2.10. The van der Waals surface area contributed by atoms with E-state index in [1.807, 2.05) is 24.3 Å². The van der Waals surface area contributed by atoms with E-state index in [1.54, 1.807) is 32.0 Å². The molecule has 0 spiro atoms. The lowest BCUT2D eigenvalue weighted by atomic mass is 9.83. The van der Waals surface area contributed by atoms with Crippen molar-refractivity contribution in [3.05, 3.63) is 95.6 Å². The second-order valence-electron chi connectivity index (χ2n) is 8.51. The maximum absolute atomic E-state index is 11.8. The van der Waals surface area contributed by atoms with E-state index in [4.69, 9.17) is 9.47 Å². The molecule has 172 valence electrons. The molecule has 0 bridgehead atoms. The third-order valence-electron chi connectivity index (χ3n) is 5.81. The summed E-state index contributed by atoms with van der Waals surface area (Å²) >= 11 is 0. The normalized spacial score (nSPS) is 11.7. The second-order valence-corrected chi connectivity index (χ2v) is 8.51. The van der Waals surface area contributed by atoms with Gasteiger partial charge in [0.1, 0.15) is 11.5 Å². The van der Waals surface area contributed by atoms with E-state index < -0.39 is 11.9 Å². The summed E-state index contributed by atoms with van der Waals surface area (Å²) in [6.45, 7) is 10.2. The molecule has 0 aromatic heterocycles. The lowest BCUT2D eigenvalue weighted by molar-refractivity contribution is -0.130. The Hall–Kier alpha value is -3.96. The van der Waals surface area contributed by atoms with Crippen LogP contribution < -0.4 is 9.47 Å². The molecule has 0 unspecified atom stereocenters. The van der Waals surface area contributed by atoms with Crippen LogP contribution in [0.25, 0.3) is 22.3 Å². The van der Waals surface area contributed by atoms with Crippen LogP contribution in [0.5, 0.6) is 11.5 Å². The van der Waals surface area contributed by atoms with Crippen molar-refractivity contribution < 1.29 is 24.2 Å². The zero-order valence-corrected chi connectivity index (χ0v) is 19.3. The van der Waals surface area contributed by atoms with Crippen LogP contribution in [0.1, 0.15) is 30.5 Å². The van der Waals surface area contributed by atoms with Gasteiger partial charge in [0.25, 0.3) is 0 Å². The van der Waals surface area contributed by atoms with Gasteiger partial charge in [0.2, 0.25) is 0 Å². The molecule has 0 heterocycles. The minimum absolute atomic E-state index is 0.181. The van der Waals surface area contributed by atoms with Crippen LogP contribution in [0, 0.1) is 0 Å². The van der Waals surface area contributed by atoms with Gasteiger partial charge in [-0.1, -0.05) is 43.5 Å². The average Bonchev–Trinajstić information content (AvgIpc) is 2.83. The smallest absolute Gasteiger partial charge is 0.338 e. The maximum Gasteiger partial charge on any atom is 0.338 e. The molecule has 0 aliphatic heterocycles. The fourth-order valence-corrected chi connectivity index (χ4v) is 4.04. The molecule has 5 nitrogen and oxygen atoms in total. The summed E-state index contributed by atoms with van der Waals surface area (Å²) in [6, 6.07) is 17.2. The monoisotopic (exact) mass is 454 g/mol. The number of aliphatic hydroxyl groups is 1. The van der Waals surface area contributed by atoms with E-state index in [2.05, 4.69) is 25.3 Å². The van der Waals surface area contributed by atoms with Gasteiger partial charge in [-0.2, -0.15) is 0 Å². The van der Waals surface area contributed by atoms with Gasteiger partial charge in [-0.05, 0) is 89.9 Å². The van der Waals surface area contributed by atoms with E-state index >= 15 is 0 Å². The van der Waals surface area contributed by atoms with Gasteiger partial charge in [-0.3, -0.25) is 0 Å². The summed E-state index contributed by atoms with van der Waals surface area (Å²) in [5.74, 6) is -0.0368. The van der Waals surface area contributed by atoms with Crippen molar-refractivity contribution in [1.29, 1.82) is 0 Å². The van der Waals surface area contributed by atoms with E-state index in [0.29, 0.717) is 28.2 Å². The first kappa shape index (κ1) is 23.2. The van der Waals surface area contributed by atoms with Crippen molar-refractivity contribution in [2.45, 2.75) is 33.3 Å². The molecule has 1 N–H and O–H groups in total. The first-order valence-corrected chi connectivity index (χ1v) is 11.0. The molecule has 5 heteroatoms. The number of fused-ring (bicyclic) bond motifs is 3. The predicted octanol–water partition coefficient (Wildman–Crippen LogP) is 5.57. The number of carbonyl (C=O) groups is 2. The van der Waals surface area contributed by atoms with Crippen molar-refractivity contribution in [1.82, 2.24) is 0 Å². The summed E-state index contributed by atoms with van der Waals surface area (Å²) < 4.78 is 10.7. The SMILES string of the molecule is C=C(C)C(=O)Oc1ccc(-c2ccc3c(c2)CCc2cc(OC(=O)C(=C)C)ccc2-3)c(CO)c1. The van der Waals surface area contributed by atoms with Crippen molar-refractivity contribution >= 4 is 11.9 Å². The van der Waals surface area contributed by atoms with Gasteiger partial charge >= 0.3 is 11.9 Å². The Morgan fingerprint density at radius 1 is 0.765 bits per heavy atom. The van der Waals surface area contributed by atoms with Crippen molar-refractivity contribution in [2.75, 3.05) is 0 Å². The van der Waals surface area contributed by atoms with Crippen LogP contribution >= 0.6 is 0 Å². The van der Waals surface area contributed by atoms with Gasteiger partial charge in [0, 0.05) is 11.1 Å². The summed E-state index contributed by atoms with van der Waals surface area (Å²) in [5.41, 5.74) is 7.81. The molecular weight excluding hydrogens is 428 g/mol. The van der Waals surface area contributed by atoms with E-state index in [0.717, 1.165) is 40.7 Å². The number of aryl methyl sites for hydroxylation is 2. The Labute approximate surface area is 199 Å². The molecule has 3 aromatic carbocycles. The molecule has 1 aliphatic rings. The Morgan fingerprint density at radius 2 is 1.26 bits per heavy atom. The minimum Gasteiger partial charge on any atom is -0.423 e. The van der Waals surface area contributed by atoms with Crippen LogP contribution in [-0.2, 0) is 29.0 Å². The predicted molar refractivity (Wildman–Crippen MR) is 132 cm³/mol. The molecule has 0 amide bonds. The Bertz CT molecular complexity index is 1330. The highest BCUT2D eigenvalue weighted by atomic mass is 16.5. The highest BCUT2D eigenvalue weighted by Crippen LogP contribution is 2.38. The van der Waals surface area contributed by atoms with Crippen LogP contribution in [0.4, 0.5) is 0 Å². The van der Waals surface area contributed by atoms with Gasteiger partial charge < -0.3 is 14.6 Å². The van der Waals surface area contributed by atoms with Crippen LogP contribution in [0.3, 0.4) is 0 Å². The van der Waals surface area contributed by atoms with E-state index in [-0.39, 0.29) is 6.61 Å². The zero-order valence-electron chi connectivity index (χ0n) is 19.3. The van der Waals surface area contributed by atoms with Gasteiger partial charge in [-0.15, -0.1) is 0 Å². The second kappa shape index (κ2) is 9.49. The summed E-state index contributed by atoms with van der Waals surface area (Å²) in [5, 5.41) is 9.94. The van der Waals surface area contributed by atoms with E-state index in [1.165, 1.54) is 5.56 Å². The molecule has 0 atom stereocenters. The number of benzene rings is 3. The van der Waals surface area contributed by atoms with Crippen LogP contribution in [-0.4, -0.2) is 17.0 Å². The summed E-state index contributed by atoms with van der Waals surface area (Å²) in [4.78, 5) is 23.7. The van der Waals surface area contributed by atoms with Crippen molar-refractivity contribution in [2.24, 2.45) is 0 Å². The molecule has 0 saturated carbocycles. The van der Waals surface area contributed by atoms with Crippen molar-refractivity contribution in [3.63, 3.8) is 0 Å². The molecule has 0 saturated heterocycles. The highest BCUT2D eigenvalue weighted by molar-refractivity contribution is 5.89. The number of carbonyl (C=O) groups excluding carboxylic acids is 2. The Kier molecular flexibility index (Phi) is 6.48. The first-order valence-electron chi connectivity index (χ1n) is 11.0. The number of ether oxygens (including phenoxy) is 2. The molecule has 0 radical (unpaired) electrons. The van der Waals surface area contributed by atoms with Crippen LogP contribution in [0.2, 0.25) is 0 Å². The molecule has 3 aromatic rings. The molecule has 34 heavy (non-hydrogen) atoms. The first-order chi connectivity index (χ1) is 16.3. The molecule has 1 aliphatic carbocycles. The van der Waals surface area contributed by atoms with Gasteiger partial charge in [0.05, 0.1) is 6.61 Å². The number of hydrogen-bond donors (Lipinski definition) is 1. The third-order valence-corrected chi connectivity index (χ3v) is 5.81. The molecular formula is C29H26O5. The van der Waals surface area contributed by atoms with Gasteiger partial charge in [-0.25, -0.2) is 9.59 Å². The summed E-state index contributed by atoms with van der Waals surface area (Å²) in [7, 11) is 0. The fraction of sp³-hybridized carbons (Fsp3) is 0.172. The lowest BCUT2D eigenvalue weighted by Gasteiger charge is -2.22. The number of rotatable bonds is 6. The Morgan fingerprint density at radius 3 is 1.82 bits per heavy atom. The number of esters is 2. The highest BCUT2D eigenvalue weighted by Gasteiger charge is 2.19. The standard InChI is InChI=1S/C29H26O5/c1-17(2)28(31)33-23-9-12-27-21(14-23)6-5-20-13-19(7-10-26(20)27)25-11-8-24(15-22(25)16-30)34-29(32)18(3)4/h7-15,30H,1,3,5-6,16H2,2,4H3. The molecule has 4 rings (SSSR count). The average molecular weight is 455 g/mol. The fourth-order valence-electron chi connectivity index (χ4n) is 4.04. The van der Waals surface area contributed by atoms with E-state index in [9.17, 15) is 14.7 Å². The number of hydrogen-bond acceptors (Lipinski definition) is 5. The topological polar surface area (TPSA) is 72.8 Å². The number of aliphatic hydroxyl groups excluding tert-OH is 1. The van der Waals surface area contributed by atoms with Crippen molar-refractivity contribution in [3.8, 4) is 33.8 Å².